The molecular weight excluding hydrogens is 260 g/mol. The van der Waals surface area contributed by atoms with E-state index >= 15 is 0 Å². The van der Waals surface area contributed by atoms with Gasteiger partial charge in [0, 0.05) is 10.6 Å². The Labute approximate surface area is 107 Å². The Morgan fingerprint density at radius 2 is 2.11 bits per heavy atom. The summed E-state index contributed by atoms with van der Waals surface area (Å²) in [7, 11) is 0. The largest absolute Gasteiger partial charge is 0.480 e. The zero-order chi connectivity index (χ0) is 13.0. The van der Waals surface area contributed by atoms with Gasteiger partial charge in [-0.15, -0.1) is 0 Å². The molecule has 1 aromatic carbocycles. The molecule has 0 saturated carbocycles. The van der Waals surface area contributed by atoms with Crippen molar-refractivity contribution in [1.29, 1.82) is 0 Å². The van der Waals surface area contributed by atoms with Gasteiger partial charge in [0.15, 0.2) is 0 Å². The van der Waals surface area contributed by atoms with Gasteiger partial charge in [-0.05, 0) is 24.3 Å². The second-order valence-corrected chi connectivity index (χ2v) is 3.84. The summed E-state index contributed by atoms with van der Waals surface area (Å²) in [5.74, 6) is -0.422. The minimum atomic E-state index is -1.05. The van der Waals surface area contributed by atoms with Crippen LogP contribution in [0.25, 0.3) is 11.4 Å². The van der Waals surface area contributed by atoms with Gasteiger partial charge in [0.25, 0.3) is 5.89 Å². The fourth-order valence-electron chi connectivity index (χ4n) is 1.26. The van der Waals surface area contributed by atoms with Crippen molar-refractivity contribution < 1.29 is 19.2 Å². The van der Waals surface area contributed by atoms with E-state index in [-0.39, 0.29) is 12.5 Å². The lowest BCUT2D eigenvalue weighted by atomic mass is 10.2. The molecule has 0 atom stereocenters. The van der Waals surface area contributed by atoms with Gasteiger partial charge < -0.3 is 14.4 Å². The summed E-state index contributed by atoms with van der Waals surface area (Å²) in [6.07, 6.45) is 0. The lowest BCUT2D eigenvalue weighted by Gasteiger charge is -1.94. The van der Waals surface area contributed by atoms with Gasteiger partial charge in [-0.3, -0.25) is 0 Å². The molecule has 0 saturated heterocycles. The van der Waals surface area contributed by atoms with Gasteiger partial charge in [-0.2, -0.15) is 4.98 Å². The SMILES string of the molecule is O=C(O)COCc1nc(-c2ccc(Cl)cc2)no1. The summed E-state index contributed by atoms with van der Waals surface area (Å²) in [5, 5.41) is 12.8. The van der Waals surface area contributed by atoms with Crippen LogP contribution in [-0.2, 0) is 16.1 Å². The molecule has 94 valence electrons. The van der Waals surface area contributed by atoms with Gasteiger partial charge in [0.1, 0.15) is 13.2 Å². The van der Waals surface area contributed by atoms with E-state index in [9.17, 15) is 4.79 Å². The first-order chi connectivity index (χ1) is 8.65. The number of nitrogens with zero attached hydrogens (tertiary/aromatic N) is 2. The molecule has 1 aromatic heterocycles. The highest BCUT2D eigenvalue weighted by Crippen LogP contribution is 2.18. The zero-order valence-electron chi connectivity index (χ0n) is 9.17. The molecule has 0 aliphatic rings. The molecule has 0 amide bonds. The number of hydrogen-bond acceptors (Lipinski definition) is 5. The van der Waals surface area contributed by atoms with Crippen LogP contribution in [0.1, 0.15) is 5.89 Å². The Morgan fingerprint density at radius 1 is 1.39 bits per heavy atom. The van der Waals surface area contributed by atoms with Crippen LogP contribution in [0.5, 0.6) is 0 Å². The summed E-state index contributed by atoms with van der Waals surface area (Å²) in [6.45, 7) is -0.439. The Balaban J connectivity index is 2.01. The lowest BCUT2D eigenvalue weighted by molar-refractivity contribution is -0.142. The van der Waals surface area contributed by atoms with E-state index < -0.39 is 12.6 Å². The number of carbonyl (C=O) groups is 1. The van der Waals surface area contributed by atoms with Gasteiger partial charge in [0.2, 0.25) is 5.82 Å². The first-order valence-electron chi connectivity index (χ1n) is 5.03. The van der Waals surface area contributed by atoms with E-state index in [1.807, 2.05) is 0 Å². The number of hydrogen-bond donors (Lipinski definition) is 1. The van der Waals surface area contributed by atoms with E-state index in [0.29, 0.717) is 10.8 Å². The smallest absolute Gasteiger partial charge is 0.329 e. The van der Waals surface area contributed by atoms with Crippen LogP contribution in [-0.4, -0.2) is 27.8 Å². The monoisotopic (exact) mass is 268 g/mol. The minimum absolute atomic E-state index is 0.0348. The average Bonchev–Trinajstić information content (AvgIpc) is 2.78. The fourth-order valence-corrected chi connectivity index (χ4v) is 1.38. The molecule has 0 aliphatic heterocycles. The number of rotatable bonds is 5. The Kier molecular flexibility index (Phi) is 3.91. The van der Waals surface area contributed by atoms with Gasteiger partial charge in [0.05, 0.1) is 0 Å². The summed E-state index contributed by atoms with van der Waals surface area (Å²) in [5.41, 5.74) is 0.757. The molecule has 1 heterocycles. The zero-order valence-corrected chi connectivity index (χ0v) is 9.92. The highest BCUT2D eigenvalue weighted by molar-refractivity contribution is 6.30. The summed E-state index contributed by atoms with van der Waals surface area (Å²) in [6, 6.07) is 6.95. The molecule has 7 heteroatoms. The second kappa shape index (κ2) is 5.61. The molecule has 2 aromatic rings. The van der Waals surface area contributed by atoms with E-state index in [1.54, 1.807) is 24.3 Å². The highest BCUT2D eigenvalue weighted by Gasteiger charge is 2.09. The Hall–Kier alpha value is -1.92. The van der Waals surface area contributed by atoms with Gasteiger partial charge in [-0.25, -0.2) is 4.79 Å². The van der Waals surface area contributed by atoms with Crippen molar-refractivity contribution in [3.05, 3.63) is 35.2 Å². The molecule has 0 unspecified atom stereocenters. The van der Waals surface area contributed by atoms with Crippen LogP contribution in [0.2, 0.25) is 5.02 Å². The summed E-state index contributed by atoms with van der Waals surface area (Å²) < 4.78 is 9.75. The fraction of sp³-hybridized carbons (Fsp3) is 0.182. The highest BCUT2D eigenvalue weighted by atomic mass is 35.5. The maximum atomic E-state index is 10.2. The first kappa shape index (κ1) is 12.5. The third-order valence-corrected chi connectivity index (χ3v) is 2.27. The van der Waals surface area contributed by atoms with E-state index in [0.717, 1.165) is 5.56 Å². The van der Waals surface area contributed by atoms with Crippen LogP contribution in [0.3, 0.4) is 0 Å². The molecule has 1 N–H and O–H groups in total. The summed E-state index contributed by atoms with van der Waals surface area (Å²) >= 11 is 5.76. The third kappa shape index (κ3) is 3.28. The number of carboxylic acids is 1. The quantitative estimate of drug-likeness (QED) is 0.892. The maximum absolute atomic E-state index is 10.2. The first-order valence-corrected chi connectivity index (χ1v) is 5.41. The average molecular weight is 269 g/mol. The van der Waals surface area contributed by atoms with Crippen LogP contribution in [0.15, 0.2) is 28.8 Å². The third-order valence-electron chi connectivity index (χ3n) is 2.02. The lowest BCUT2D eigenvalue weighted by Crippen LogP contribution is -2.06. The van der Waals surface area contributed by atoms with Crippen molar-refractivity contribution in [3.8, 4) is 11.4 Å². The topological polar surface area (TPSA) is 85.5 Å². The molecule has 0 aliphatic carbocycles. The molecular formula is C11H9ClN2O4. The van der Waals surface area contributed by atoms with Crippen LogP contribution < -0.4 is 0 Å². The number of aromatic nitrogens is 2. The number of carboxylic acid groups (broad SMARTS) is 1. The molecule has 2 rings (SSSR count). The van der Waals surface area contributed by atoms with Gasteiger partial charge >= 0.3 is 5.97 Å². The van der Waals surface area contributed by atoms with Crippen LogP contribution in [0, 0.1) is 0 Å². The van der Waals surface area contributed by atoms with Crippen molar-refractivity contribution in [1.82, 2.24) is 10.1 Å². The van der Waals surface area contributed by atoms with Gasteiger partial charge in [-0.1, -0.05) is 16.8 Å². The number of benzene rings is 1. The van der Waals surface area contributed by atoms with E-state index in [1.165, 1.54) is 0 Å². The molecule has 0 spiro atoms. The number of ether oxygens (including phenoxy) is 1. The number of aliphatic carboxylic acids is 1. The predicted octanol–water partition coefficient (Wildman–Crippen LogP) is 1.99. The number of halogens is 1. The molecule has 0 fully saturated rings. The van der Waals surface area contributed by atoms with Crippen molar-refractivity contribution in [2.45, 2.75) is 6.61 Å². The molecule has 6 nitrogen and oxygen atoms in total. The van der Waals surface area contributed by atoms with Crippen LogP contribution >= 0.6 is 11.6 Å². The van der Waals surface area contributed by atoms with E-state index in [2.05, 4.69) is 10.1 Å². The second-order valence-electron chi connectivity index (χ2n) is 3.41. The van der Waals surface area contributed by atoms with Crippen molar-refractivity contribution in [2.75, 3.05) is 6.61 Å². The maximum Gasteiger partial charge on any atom is 0.329 e. The Bertz CT molecular complexity index is 538. The standard InChI is InChI=1S/C11H9ClN2O4/c12-8-3-1-7(2-4-8)11-13-9(18-14-11)5-17-6-10(15)16/h1-4H,5-6H2,(H,15,16). The molecule has 0 bridgehead atoms. The Morgan fingerprint density at radius 3 is 2.78 bits per heavy atom. The van der Waals surface area contributed by atoms with Crippen molar-refractivity contribution in [3.63, 3.8) is 0 Å². The molecule has 0 radical (unpaired) electrons. The molecule has 18 heavy (non-hydrogen) atoms. The van der Waals surface area contributed by atoms with Crippen molar-refractivity contribution in [2.24, 2.45) is 0 Å². The predicted molar refractivity (Wildman–Crippen MR) is 62.0 cm³/mol. The van der Waals surface area contributed by atoms with Crippen LogP contribution in [0.4, 0.5) is 0 Å². The minimum Gasteiger partial charge on any atom is -0.480 e. The van der Waals surface area contributed by atoms with E-state index in [4.69, 9.17) is 26.0 Å². The normalized spacial score (nSPS) is 10.5. The van der Waals surface area contributed by atoms with Crippen molar-refractivity contribution >= 4 is 17.6 Å². The summed E-state index contributed by atoms with van der Waals surface area (Å²) in [4.78, 5) is 14.3.